The van der Waals surface area contributed by atoms with E-state index in [1.165, 1.54) is 22.9 Å². The molecule has 0 bridgehead atoms. The van der Waals surface area contributed by atoms with Crippen LogP contribution in [0, 0.1) is 13.8 Å². The lowest BCUT2D eigenvalue weighted by Crippen LogP contribution is -2.15. The molecule has 1 N–H and O–H groups in total. The summed E-state index contributed by atoms with van der Waals surface area (Å²) in [7, 11) is 0. The maximum absolute atomic E-state index is 12.3. The first kappa shape index (κ1) is 21.9. The van der Waals surface area contributed by atoms with Crippen molar-refractivity contribution >= 4 is 23.4 Å². The van der Waals surface area contributed by atoms with E-state index < -0.39 is 0 Å². The third kappa shape index (κ3) is 5.63. The van der Waals surface area contributed by atoms with Crippen LogP contribution in [0.3, 0.4) is 0 Å². The molecule has 0 aliphatic carbocycles. The van der Waals surface area contributed by atoms with Gasteiger partial charge < -0.3 is 14.6 Å². The van der Waals surface area contributed by atoms with Crippen LogP contribution in [-0.4, -0.2) is 26.4 Å². The van der Waals surface area contributed by atoms with Crippen LogP contribution in [0.1, 0.15) is 36.4 Å². The van der Waals surface area contributed by atoms with Gasteiger partial charge in [0.25, 0.3) is 0 Å². The minimum absolute atomic E-state index is 0.0669. The van der Waals surface area contributed by atoms with Gasteiger partial charge in [0.1, 0.15) is 12.4 Å². The minimum atomic E-state index is -0.0669. The van der Waals surface area contributed by atoms with Gasteiger partial charge >= 0.3 is 0 Å². The number of rotatable bonds is 9. The summed E-state index contributed by atoms with van der Waals surface area (Å²) in [5.41, 5.74) is 4.44. The first-order chi connectivity index (χ1) is 14.5. The molecule has 158 valence electrons. The van der Waals surface area contributed by atoms with E-state index >= 15 is 0 Å². The summed E-state index contributed by atoms with van der Waals surface area (Å²) in [5.74, 6) is 1.75. The van der Waals surface area contributed by atoms with Crippen molar-refractivity contribution in [2.45, 2.75) is 52.4 Å². The molecule has 1 aromatic heterocycles. The minimum Gasteiger partial charge on any atom is -0.486 e. The lowest BCUT2D eigenvalue weighted by atomic mass is 10.1. The number of carbonyl (C=O) groups excluding carboxylic acids is 1. The Hall–Kier alpha value is -2.80. The van der Waals surface area contributed by atoms with E-state index in [4.69, 9.17) is 4.74 Å². The summed E-state index contributed by atoms with van der Waals surface area (Å²) >= 11 is 1.38. The van der Waals surface area contributed by atoms with Gasteiger partial charge in [-0.25, -0.2) is 0 Å². The summed E-state index contributed by atoms with van der Waals surface area (Å²) in [4.78, 5) is 12.3. The van der Waals surface area contributed by atoms with Crippen LogP contribution >= 0.6 is 11.8 Å². The lowest BCUT2D eigenvalue weighted by Gasteiger charge is -2.10. The number of hydrogen-bond donors (Lipinski definition) is 1. The molecule has 0 radical (unpaired) electrons. The molecule has 3 aromatic rings. The van der Waals surface area contributed by atoms with E-state index in [0.717, 1.165) is 29.2 Å². The van der Waals surface area contributed by atoms with Gasteiger partial charge in [0.2, 0.25) is 5.91 Å². The van der Waals surface area contributed by atoms with E-state index in [9.17, 15) is 4.79 Å². The predicted octanol–water partition coefficient (Wildman–Crippen LogP) is 4.79. The molecule has 0 saturated heterocycles. The number of nitrogens with one attached hydrogen (secondary N) is 1. The number of amides is 1. The van der Waals surface area contributed by atoms with Crippen molar-refractivity contribution in [2.75, 3.05) is 11.1 Å². The van der Waals surface area contributed by atoms with Crippen LogP contribution < -0.4 is 10.1 Å². The van der Waals surface area contributed by atoms with Crippen LogP contribution in [-0.2, 0) is 24.4 Å². The van der Waals surface area contributed by atoms with Crippen LogP contribution in [0.2, 0.25) is 0 Å². The van der Waals surface area contributed by atoms with Gasteiger partial charge in [-0.2, -0.15) is 0 Å². The third-order valence-electron chi connectivity index (χ3n) is 4.93. The van der Waals surface area contributed by atoms with Crippen molar-refractivity contribution in [3.8, 4) is 5.75 Å². The van der Waals surface area contributed by atoms with Gasteiger partial charge in [0, 0.05) is 12.2 Å². The molecule has 0 saturated carbocycles. The van der Waals surface area contributed by atoms with Crippen molar-refractivity contribution in [2.24, 2.45) is 0 Å². The summed E-state index contributed by atoms with van der Waals surface area (Å²) in [5, 5.41) is 12.2. The fourth-order valence-electron chi connectivity index (χ4n) is 2.97. The molecule has 0 spiro atoms. The highest BCUT2D eigenvalue weighted by Crippen LogP contribution is 2.20. The second kappa shape index (κ2) is 10.3. The molecule has 0 aliphatic rings. The average molecular weight is 425 g/mol. The Balaban J connectivity index is 1.56. The molecule has 0 atom stereocenters. The summed E-state index contributed by atoms with van der Waals surface area (Å²) in [6, 6.07) is 14.0. The van der Waals surface area contributed by atoms with Gasteiger partial charge in [0.15, 0.2) is 11.0 Å². The van der Waals surface area contributed by atoms with Crippen LogP contribution in [0.15, 0.2) is 47.6 Å². The molecule has 0 aliphatic heterocycles. The van der Waals surface area contributed by atoms with Crippen LogP contribution in [0.5, 0.6) is 5.75 Å². The van der Waals surface area contributed by atoms with Gasteiger partial charge in [-0.3, -0.25) is 4.79 Å². The SMILES string of the molecule is CCc1ccc(OCc2nnc(SCC(=O)Nc3ccc(C)c(C)c3)n2CC)cc1. The van der Waals surface area contributed by atoms with Crippen molar-refractivity contribution in [3.05, 3.63) is 65.0 Å². The first-order valence-electron chi connectivity index (χ1n) is 10.1. The Kier molecular flexibility index (Phi) is 7.52. The second-order valence-corrected chi connectivity index (χ2v) is 8.01. The molecule has 1 heterocycles. The highest BCUT2D eigenvalue weighted by atomic mass is 32.2. The van der Waals surface area contributed by atoms with Crippen LogP contribution in [0.4, 0.5) is 5.69 Å². The molecule has 6 nitrogen and oxygen atoms in total. The van der Waals surface area contributed by atoms with Gasteiger partial charge in [-0.05, 0) is 68.1 Å². The zero-order valence-electron chi connectivity index (χ0n) is 17.9. The van der Waals surface area contributed by atoms with Crippen molar-refractivity contribution in [3.63, 3.8) is 0 Å². The lowest BCUT2D eigenvalue weighted by molar-refractivity contribution is -0.113. The fraction of sp³-hybridized carbons (Fsp3) is 0.348. The highest BCUT2D eigenvalue weighted by Gasteiger charge is 2.14. The monoisotopic (exact) mass is 424 g/mol. The van der Waals surface area contributed by atoms with Crippen LogP contribution in [0.25, 0.3) is 0 Å². The Labute approximate surface area is 182 Å². The van der Waals surface area contributed by atoms with Gasteiger partial charge in [-0.1, -0.05) is 36.9 Å². The molecule has 2 aromatic carbocycles. The quantitative estimate of drug-likeness (QED) is 0.500. The molecule has 0 unspecified atom stereocenters. The number of anilines is 1. The van der Waals surface area contributed by atoms with E-state index in [-0.39, 0.29) is 11.7 Å². The van der Waals surface area contributed by atoms with E-state index in [1.54, 1.807) is 0 Å². The normalized spacial score (nSPS) is 10.8. The molecular weight excluding hydrogens is 396 g/mol. The van der Waals surface area contributed by atoms with E-state index in [0.29, 0.717) is 18.3 Å². The zero-order valence-corrected chi connectivity index (χ0v) is 18.8. The standard InChI is InChI=1S/C23H28N4O2S/c1-5-18-8-11-20(12-9-18)29-14-21-25-26-23(27(21)6-2)30-15-22(28)24-19-10-7-16(3)17(4)13-19/h7-13H,5-6,14-15H2,1-4H3,(H,24,28). The fourth-order valence-corrected chi connectivity index (χ4v) is 3.79. The Morgan fingerprint density at radius 1 is 1.07 bits per heavy atom. The molecule has 0 fully saturated rings. The predicted molar refractivity (Wildman–Crippen MR) is 121 cm³/mol. The van der Waals surface area contributed by atoms with Gasteiger partial charge in [0.05, 0.1) is 5.75 Å². The number of carbonyl (C=O) groups is 1. The molecule has 7 heteroatoms. The molecule has 1 amide bonds. The van der Waals surface area contributed by atoms with Gasteiger partial charge in [-0.15, -0.1) is 10.2 Å². The third-order valence-corrected chi connectivity index (χ3v) is 5.90. The summed E-state index contributed by atoms with van der Waals surface area (Å²) < 4.78 is 7.84. The number of aryl methyl sites for hydroxylation is 3. The number of ether oxygens (including phenoxy) is 1. The maximum atomic E-state index is 12.3. The molecule has 30 heavy (non-hydrogen) atoms. The summed E-state index contributed by atoms with van der Waals surface area (Å²) in [6.45, 7) is 9.29. The highest BCUT2D eigenvalue weighted by molar-refractivity contribution is 7.99. The summed E-state index contributed by atoms with van der Waals surface area (Å²) in [6.07, 6.45) is 1.00. The Morgan fingerprint density at radius 2 is 1.83 bits per heavy atom. The largest absolute Gasteiger partial charge is 0.486 e. The van der Waals surface area contributed by atoms with Crippen molar-refractivity contribution in [1.82, 2.24) is 14.8 Å². The van der Waals surface area contributed by atoms with E-state index in [2.05, 4.69) is 41.5 Å². The average Bonchev–Trinajstić information content (AvgIpc) is 3.15. The number of aromatic nitrogens is 3. The zero-order chi connectivity index (χ0) is 21.5. The number of nitrogens with zero attached hydrogens (tertiary/aromatic N) is 3. The second-order valence-electron chi connectivity index (χ2n) is 7.07. The van der Waals surface area contributed by atoms with Crippen molar-refractivity contribution < 1.29 is 9.53 Å². The smallest absolute Gasteiger partial charge is 0.234 e. The topological polar surface area (TPSA) is 69.0 Å². The number of thioether (sulfide) groups is 1. The molecule has 3 rings (SSSR count). The number of hydrogen-bond acceptors (Lipinski definition) is 5. The number of benzene rings is 2. The first-order valence-corrected chi connectivity index (χ1v) is 11.1. The Morgan fingerprint density at radius 3 is 2.50 bits per heavy atom. The molecular formula is C23H28N4O2S. The maximum Gasteiger partial charge on any atom is 0.234 e. The van der Waals surface area contributed by atoms with Crippen molar-refractivity contribution in [1.29, 1.82) is 0 Å². The van der Waals surface area contributed by atoms with E-state index in [1.807, 2.05) is 48.7 Å². The Bertz CT molecular complexity index is 999.